The molecule has 2 N–H and O–H groups in total. The molecule has 128 valence electrons. The summed E-state index contributed by atoms with van der Waals surface area (Å²) in [5, 5.41) is 7.23. The van der Waals surface area contributed by atoms with E-state index in [1.165, 1.54) is 23.5 Å². The van der Waals surface area contributed by atoms with Gasteiger partial charge in [-0.15, -0.1) is 0 Å². The number of hydrogen-bond donors (Lipinski definition) is 2. The fourth-order valence-corrected chi connectivity index (χ4v) is 4.30. The molecular formula is C14H23N5O3S. The van der Waals surface area contributed by atoms with Gasteiger partial charge in [-0.25, -0.2) is 13.1 Å². The smallest absolute Gasteiger partial charge is 0.244 e. The fourth-order valence-electron chi connectivity index (χ4n) is 3.34. The highest BCUT2D eigenvalue weighted by molar-refractivity contribution is 7.89. The Hall–Kier alpha value is -1.45. The molecule has 23 heavy (non-hydrogen) atoms. The van der Waals surface area contributed by atoms with Gasteiger partial charge in [0.05, 0.1) is 12.7 Å². The standard InChI is InChI=1S/C14H23N5O3S/c1-18-10-12(8-16-18)23(21,22)17-9-13(20)19-6-3-14(4-7-19)2-5-15-11-14/h8,10,15,17H,2-7,9,11H2,1H3. The van der Waals surface area contributed by atoms with Crippen LogP contribution in [0, 0.1) is 5.41 Å². The number of hydrogen-bond acceptors (Lipinski definition) is 5. The minimum Gasteiger partial charge on any atom is -0.342 e. The fraction of sp³-hybridized carbons (Fsp3) is 0.714. The second-order valence-corrected chi connectivity index (χ2v) is 8.25. The SMILES string of the molecule is Cn1cc(S(=O)(=O)NCC(=O)N2CCC3(CCNC3)CC2)cn1. The number of aromatic nitrogens is 2. The van der Waals surface area contributed by atoms with Crippen LogP contribution in [0.5, 0.6) is 0 Å². The van der Waals surface area contributed by atoms with Crippen LogP contribution in [0.2, 0.25) is 0 Å². The quantitative estimate of drug-likeness (QED) is 0.755. The summed E-state index contributed by atoms with van der Waals surface area (Å²) < 4.78 is 28.0. The zero-order chi connectivity index (χ0) is 16.5. The molecule has 1 spiro atoms. The number of nitrogens with one attached hydrogen (secondary N) is 2. The van der Waals surface area contributed by atoms with Gasteiger partial charge in [0.1, 0.15) is 4.90 Å². The van der Waals surface area contributed by atoms with Crippen LogP contribution in [0.25, 0.3) is 0 Å². The second-order valence-electron chi connectivity index (χ2n) is 6.48. The molecule has 1 amide bonds. The number of aryl methyl sites for hydroxylation is 1. The monoisotopic (exact) mass is 341 g/mol. The number of likely N-dealkylation sites (tertiary alicyclic amines) is 1. The van der Waals surface area contributed by atoms with Crippen LogP contribution in [0.15, 0.2) is 17.3 Å². The Morgan fingerprint density at radius 1 is 1.39 bits per heavy atom. The zero-order valence-corrected chi connectivity index (χ0v) is 14.1. The lowest BCUT2D eigenvalue weighted by Crippen LogP contribution is -2.47. The topological polar surface area (TPSA) is 96.3 Å². The molecule has 0 unspecified atom stereocenters. The molecule has 2 aliphatic rings. The van der Waals surface area contributed by atoms with E-state index in [-0.39, 0.29) is 17.3 Å². The lowest BCUT2D eigenvalue weighted by atomic mass is 9.78. The van der Waals surface area contributed by atoms with Crippen molar-refractivity contribution in [3.05, 3.63) is 12.4 Å². The first-order valence-electron chi connectivity index (χ1n) is 7.87. The molecule has 0 atom stereocenters. The first-order chi connectivity index (χ1) is 10.9. The van der Waals surface area contributed by atoms with Gasteiger partial charge in [0.15, 0.2) is 0 Å². The van der Waals surface area contributed by atoms with Gasteiger partial charge in [-0.3, -0.25) is 9.48 Å². The van der Waals surface area contributed by atoms with E-state index in [1.54, 1.807) is 11.9 Å². The Balaban J connectivity index is 1.52. The number of carbonyl (C=O) groups is 1. The van der Waals surface area contributed by atoms with Gasteiger partial charge in [0, 0.05) is 32.9 Å². The van der Waals surface area contributed by atoms with Crippen LogP contribution in [0.4, 0.5) is 0 Å². The minimum atomic E-state index is -3.69. The van der Waals surface area contributed by atoms with Crippen molar-refractivity contribution >= 4 is 15.9 Å². The predicted octanol–water partition coefficient (Wildman–Crippen LogP) is -0.699. The maximum Gasteiger partial charge on any atom is 0.244 e. The van der Waals surface area contributed by atoms with E-state index in [9.17, 15) is 13.2 Å². The lowest BCUT2D eigenvalue weighted by Gasteiger charge is -2.38. The molecule has 0 aromatic carbocycles. The molecule has 1 aromatic rings. The highest BCUT2D eigenvalue weighted by atomic mass is 32.2. The van der Waals surface area contributed by atoms with Gasteiger partial charge in [-0.05, 0) is 31.2 Å². The largest absolute Gasteiger partial charge is 0.342 e. The molecule has 2 saturated heterocycles. The number of piperidine rings is 1. The van der Waals surface area contributed by atoms with Crippen molar-refractivity contribution in [2.45, 2.75) is 24.2 Å². The van der Waals surface area contributed by atoms with E-state index in [0.29, 0.717) is 18.5 Å². The molecule has 0 radical (unpaired) electrons. The Labute approximate surface area is 136 Å². The molecule has 0 aliphatic carbocycles. The predicted molar refractivity (Wildman–Crippen MR) is 84.1 cm³/mol. The molecule has 1 aromatic heterocycles. The Morgan fingerprint density at radius 3 is 2.70 bits per heavy atom. The van der Waals surface area contributed by atoms with E-state index < -0.39 is 10.0 Å². The van der Waals surface area contributed by atoms with Crippen molar-refractivity contribution in [3.63, 3.8) is 0 Å². The van der Waals surface area contributed by atoms with Crippen molar-refractivity contribution in [2.24, 2.45) is 12.5 Å². The number of sulfonamides is 1. The molecule has 9 heteroatoms. The van der Waals surface area contributed by atoms with Gasteiger partial charge in [0.2, 0.25) is 15.9 Å². The summed E-state index contributed by atoms with van der Waals surface area (Å²) in [4.78, 5) is 14.1. The summed E-state index contributed by atoms with van der Waals surface area (Å²) >= 11 is 0. The average Bonchev–Trinajstić information content (AvgIpc) is 3.16. The van der Waals surface area contributed by atoms with Gasteiger partial charge < -0.3 is 10.2 Å². The third-order valence-corrected chi connectivity index (χ3v) is 6.27. The molecule has 8 nitrogen and oxygen atoms in total. The van der Waals surface area contributed by atoms with Crippen LogP contribution < -0.4 is 10.0 Å². The number of nitrogens with zero attached hydrogens (tertiary/aromatic N) is 3. The first-order valence-corrected chi connectivity index (χ1v) is 9.35. The first kappa shape index (κ1) is 16.4. The zero-order valence-electron chi connectivity index (χ0n) is 13.3. The number of amides is 1. The van der Waals surface area contributed by atoms with Crippen molar-refractivity contribution in [2.75, 3.05) is 32.7 Å². The van der Waals surface area contributed by atoms with Crippen molar-refractivity contribution in [1.29, 1.82) is 0 Å². The molecule has 2 aliphatic heterocycles. The van der Waals surface area contributed by atoms with Crippen LogP contribution in [0.1, 0.15) is 19.3 Å². The molecule has 0 bridgehead atoms. The summed E-state index contributed by atoms with van der Waals surface area (Å²) in [5.74, 6) is -0.168. The molecular weight excluding hydrogens is 318 g/mol. The third kappa shape index (κ3) is 3.56. The van der Waals surface area contributed by atoms with E-state index in [2.05, 4.69) is 15.1 Å². The molecule has 3 rings (SSSR count). The summed E-state index contributed by atoms with van der Waals surface area (Å²) in [5.41, 5.74) is 0.339. The maximum atomic E-state index is 12.2. The van der Waals surface area contributed by atoms with Crippen molar-refractivity contribution in [1.82, 2.24) is 24.7 Å². The molecule has 3 heterocycles. The van der Waals surface area contributed by atoms with Gasteiger partial charge in [-0.2, -0.15) is 5.10 Å². The van der Waals surface area contributed by atoms with E-state index in [1.807, 2.05) is 0 Å². The van der Waals surface area contributed by atoms with E-state index in [4.69, 9.17) is 0 Å². The number of rotatable bonds is 4. The van der Waals surface area contributed by atoms with Gasteiger partial charge in [0.25, 0.3) is 0 Å². The highest BCUT2D eigenvalue weighted by Gasteiger charge is 2.38. The Kier molecular flexibility index (Phi) is 4.43. The van der Waals surface area contributed by atoms with Crippen LogP contribution in [0.3, 0.4) is 0 Å². The van der Waals surface area contributed by atoms with Gasteiger partial charge >= 0.3 is 0 Å². The highest BCUT2D eigenvalue weighted by Crippen LogP contribution is 2.36. The summed E-state index contributed by atoms with van der Waals surface area (Å²) in [7, 11) is -2.04. The summed E-state index contributed by atoms with van der Waals surface area (Å²) in [6.07, 6.45) is 5.82. The maximum absolute atomic E-state index is 12.2. The van der Waals surface area contributed by atoms with Gasteiger partial charge in [-0.1, -0.05) is 0 Å². The average molecular weight is 341 g/mol. The van der Waals surface area contributed by atoms with Crippen LogP contribution in [-0.4, -0.2) is 61.7 Å². The second kappa shape index (κ2) is 6.21. The molecule has 2 fully saturated rings. The van der Waals surface area contributed by atoms with Crippen LogP contribution in [-0.2, 0) is 21.9 Å². The van der Waals surface area contributed by atoms with E-state index in [0.717, 1.165) is 25.9 Å². The summed E-state index contributed by atoms with van der Waals surface area (Å²) in [6, 6.07) is 0. The van der Waals surface area contributed by atoms with Crippen LogP contribution >= 0.6 is 0 Å². The minimum absolute atomic E-state index is 0.0717. The number of carbonyl (C=O) groups excluding carboxylic acids is 1. The third-order valence-electron chi connectivity index (χ3n) is 4.91. The van der Waals surface area contributed by atoms with Crippen molar-refractivity contribution in [3.8, 4) is 0 Å². The normalized spacial score (nSPS) is 21.0. The summed E-state index contributed by atoms with van der Waals surface area (Å²) in [6.45, 7) is 3.29. The lowest BCUT2D eigenvalue weighted by molar-refractivity contribution is -0.132. The molecule has 0 saturated carbocycles. The van der Waals surface area contributed by atoms with E-state index >= 15 is 0 Å². The Bertz CT molecular complexity index is 668. The Morgan fingerprint density at radius 2 is 2.13 bits per heavy atom. The van der Waals surface area contributed by atoms with Crippen molar-refractivity contribution < 1.29 is 13.2 Å².